The zero-order chi connectivity index (χ0) is 52.3. The maximum absolute atomic E-state index is 14.8. The number of morpholine rings is 1. The van der Waals surface area contributed by atoms with Crippen LogP contribution in [-0.4, -0.2) is 140 Å². The van der Waals surface area contributed by atoms with Gasteiger partial charge in [0.05, 0.1) is 52.5 Å². The molecule has 4 atom stereocenters. The van der Waals surface area contributed by atoms with Crippen molar-refractivity contribution in [2.45, 2.75) is 125 Å². The molecular formula is C57H71N9O9S. The molecule has 7 aliphatic rings. The fraction of sp³-hybridized carbons (Fsp3) is 0.544. The molecule has 4 N–H and O–H groups in total. The quantitative estimate of drug-likeness (QED) is 0.0686. The van der Waals surface area contributed by atoms with Crippen molar-refractivity contribution in [3.8, 4) is 5.88 Å². The van der Waals surface area contributed by atoms with Crippen LogP contribution in [0.25, 0.3) is 11.0 Å². The zero-order valence-electron chi connectivity index (χ0n) is 43.6. The van der Waals surface area contributed by atoms with Gasteiger partial charge in [0.15, 0.2) is 0 Å². The van der Waals surface area contributed by atoms with Gasteiger partial charge >= 0.3 is 0 Å². The van der Waals surface area contributed by atoms with E-state index in [-0.39, 0.29) is 28.6 Å². The van der Waals surface area contributed by atoms with Gasteiger partial charge in [-0.2, -0.15) is 4.98 Å². The number of benzene rings is 3. The molecule has 76 heavy (non-hydrogen) atoms. The number of nitrogens with zero attached hydrogens (tertiary/aromatic N) is 6. The van der Waals surface area contributed by atoms with Crippen molar-refractivity contribution in [1.29, 1.82) is 0 Å². The summed E-state index contributed by atoms with van der Waals surface area (Å²) < 4.78 is 49.0. The van der Waals surface area contributed by atoms with E-state index in [0.29, 0.717) is 80.0 Å². The first kappa shape index (κ1) is 51.0. The van der Waals surface area contributed by atoms with Crippen LogP contribution in [0.2, 0.25) is 0 Å². The van der Waals surface area contributed by atoms with Crippen LogP contribution in [0.3, 0.4) is 0 Å². The van der Waals surface area contributed by atoms with Gasteiger partial charge < -0.3 is 39.4 Å². The van der Waals surface area contributed by atoms with Crippen molar-refractivity contribution in [2.75, 3.05) is 80.8 Å². The molecule has 18 nitrogen and oxygen atoms in total. The maximum atomic E-state index is 14.8. The first-order chi connectivity index (χ1) is 36.7. The van der Waals surface area contributed by atoms with Gasteiger partial charge in [-0.25, -0.2) is 13.1 Å². The van der Waals surface area contributed by atoms with Crippen LogP contribution in [0, 0.1) is 28.4 Å². The minimum Gasteiger partial charge on any atom is -0.468 e. The first-order valence-electron chi connectivity index (χ1n) is 27.6. The second-order valence-corrected chi connectivity index (χ2v) is 24.7. The smallest absolute Gasteiger partial charge is 0.293 e. The fourth-order valence-corrected chi connectivity index (χ4v) is 14.8. The number of H-pyrrole nitrogens is 1. The van der Waals surface area contributed by atoms with Crippen LogP contribution in [-0.2, 0) is 19.5 Å². The molecule has 2 aliphatic carbocycles. The molecule has 19 heteroatoms. The second kappa shape index (κ2) is 20.5. The Morgan fingerprint density at radius 1 is 0.895 bits per heavy atom. The molecule has 1 spiro atoms. The number of piperidine rings is 2. The van der Waals surface area contributed by atoms with Gasteiger partial charge in [0.2, 0.25) is 5.88 Å². The number of aryl methyl sites for hydroxylation is 1. The molecule has 0 radical (unpaired) electrons. The lowest BCUT2D eigenvalue weighted by molar-refractivity contribution is -0.384. The number of hydrogen-bond acceptors (Lipinski definition) is 15. The third-order valence-electron chi connectivity index (χ3n) is 18.3. The van der Waals surface area contributed by atoms with Crippen LogP contribution in [0.15, 0.2) is 83.9 Å². The van der Waals surface area contributed by atoms with E-state index in [1.54, 1.807) is 6.07 Å². The zero-order valence-corrected chi connectivity index (χ0v) is 44.4. The summed E-state index contributed by atoms with van der Waals surface area (Å²) >= 11 is 0. The number of anilines is 4. The summed E-state index contributed by atoms with van der Waals surface area (Å²) in [5.74, 6) is -0.303. The molecule has 4 saturated heterocycles. The number of nitro benzene ring substituents is 1. The number of carbonyl (C=O) groups is 1. The van der Waals surface area contributed by atoms with Crippen molar-refractivity contribution in [1.82, 2.24) is 24.5 Å². The average molecular weight is 1060 g/mol. The molecule has 7 heterocycles. The Kier molecular flexibility index (Phi) is 13.8. The normalized spacial score (nSPS) is 27.3. The highest BCUT2D eigenvalue weighted by atomic mass is 32.2. The minimum absolute atomic E-state index is 0.120. The average Bonchev–Trinajstić information content (AvgIpc) is 3.88. The molecule has 0 bridgehead atoms. The third kappa shape index (κ3) is 10.0. The summed E-state index contributed by atoms with van der Waals surface area (Å²) in [4.78, 5) is 44.2. The van der Waals surface area contributed by atoms with E-state index in [4.69, 9.17) is 19.2 Å². The van der Waals surface area contributed by atoms with Crippen LogP contribution in [0.4, 0.5) is 28.4 Å². The summed E-state index contributed by atoms with van der Waals surface area (Å²) in [5.41, 5.74) is 4.97. The SMILES string of the molecule is Cc1ccccc1[C@@H]1C[C@H](N2CCOCC2)CCN1C1CC2(CCN(c3ccc(C(=O)NS(=O)(=O)c4ccc(NC[C@H]5CC[C@](C)(O)CC5)c([N+](=O)[O-])c4)c(N4c5cc6cc[nH]c6nc5O[C@H]5COCC[C@@H]54)c3)CC2)C1. The molecule has 5 aliphatic heterocycles. The number of likely N-dealkylation sites (tertiary alicyclic amines) is 1. The summed E-state index contributed by atoms with van der Waals surface area (Å²) in [5, 5.41) is 26.8. The number of fused-ring (bicyclic) bond motifs is 3. The highest BCUT2D eigenvalue weighted by molar-refractivity contribution is 7.90. The van der Waals surface area contributed by atoms with Crippen molar-refractivity contribution in [3.05, 3.63) is 106 Å². The van der Waals surface area contributed by atoms with Crippen molar-refractivity contribution in [2.24, 2.45) is 11.3 Å². The molecule has 0 unspecified atom stereocenters. The van der Waals surface area contributed by atoms with Gasteiger partial charge in [-0.05, 0) is 149 Å². The molecule has 2 saturated carbocycles. The number of aliphatic hydroxyl groups is 1. The second-order valence-electron chi connectivity index (χ2n) is 23.1. The van der Waals surface area contributed by atoms with E-state index < -0.39 is 43.1 Å². The van der Waals surface area contributed by atoms with E-state index in [9.17, 15) is 28.4 Å². The van der Waals surface area contributed by atoms with E-state index in [1.807, 2.05) is 37.4 Å². The Hall–Kier alpha value is -5.83. The molecule has 1 amide bonds. The molecule has 12 rings (SSSR count). The molecule has 3 aromatic carbocycles. The number of aromatic nitrogens is 2. The fourth-order valence-electron chi connectivity index (χ4n) is 13.8. The van der Waals surface area contributed by atoms with Gasteiger partial charge in [-0.1, -0.05) is 24.3 Å². The van der Waals surface area contributed by atoms with Gasteiger partial charge in [-0.3, -0.25) is 24.7 Å². The van der Waals surface area contributed by atoms with Gasteiger partial charge in [0.25, 0.3) is 21.6 Å². The first-order valence-corrected chi connectivity index (χ1v) is 29.0. The number of pyridine rings is 1. The Bertz CT molecular complexity index is 3080. The van der Waals surface area contributed by atoms with Crippen molar-refractivity contribution in [3.63, 3.8) is 0 Å². The highest BCUT2D eigenvalue weighted by Crippen LogP contribution is 2.54. The molecule has 5 aromatic rings. The molecule has 2 aromatic heterocycles. The number of sulfonamides is 1. The number of hydrogen-bond donors (Lipinski definition) is 4. The topological polar surface area (TPSA) is 208 Å². The summed E-state index contributed by atoms with van der Waals surface area (Å²) in [7, 11) is -4.62. The predicted octanol–water partition coefficient (Wildman–Crippen LogP) is 8.23. The number of nitro groups is 1. The predicted molar refractivity (Wildman–Crippen MR) is 290 cm³/mol. The Morgan fingerprint density at radius 2 is 1.68 bits per heavy atom. The summed E-state index contributed by atoms with van der Waals surface area (Å²) in [6.45, 7) is 11.7. The highest BCUT2D eigenvalue weighted by Gasteiger charge is 2.51. The number of nitrogens with one attached hydrogen (secondary N) is 3. The van der Waals surface area contributed by atoms with E-state index in [0.717, 1.165) is 95.2 Å². The lowest BCUT2D eigenvalue weighted by Crippen LogP contribution is -2.59. The maximum Gasteiger partial charge on any atom is 0.293 e. The number of carbonyl (C=O) groups excluding carboxylic acids is 1. The number of aromatic amines is 1. The van der Waals surface area contributed by atoms with E-state index >= 15 is 0 Å². The van der Waals surface area contributed by atoms with Gasteiger partial charge in [0, 0.05) is 87.3 Å². The monoisotopic (exact) mass is 1060 g/mol. The number of ether oxygens (including phenoxy) is 3. The summed E-state index contributed by atoms with van der Waals surface area (Å²) in [6, 6.07) is 23.4. The molecular weight excluding hydrogens is 987 g/mol. The Morgan fingerprint density at radius 3 is 2.46 bits per heavy atom. The Labute approximate surface area is 444 Å². The minimum atomic E-state index is -4.62. The molecule has 6 fully saturated rings. The van der Waals surface area contributed by atoms with E-state index in [2.05, 4.69) is 65.8 Å². The number of amides is 1. The Balaban J connectivity index is 0.804. The van der Waals surface area contributed by atoms with Crippen LogP contribution in [0.5, 0.6) is 5.88 Å². The van der Waals surface area contributed by atoms with Crippen LogP contribution in [0.1, 0.15) is 105 Å². The molecule has 404 valence electrons. The van der Waals surface area contributed by atoms with E-state index in [1.165, 1.54) is 42.5 Å². The largest absolute Gasteiger partial charge is 0.468 e. The standard InChI is InChI=1S/C57H71N9O9S/c1-37-5-3-4-6-44(37)48-30-41(63-24-27-73-28-25-63)14-21-64(48)42-33-57(34-42)18-22-62(23-19-57)40-7-9-45(49(31-40)65-47-15-26-74-36-52(47)75-55-51(65)29-39-13-20-58-53(39)60-55)54(67)61-76(71,72)43-8-10-46(50(32-43)66(69)70)59-35-38-11-16-56(2,68)17-12-38/h3-10,13,20,29,31-32,38,41-42,47-48,52,59,68H,11-12,14-19,21-28,30,33-36H2,1-2H3,(H,58,60)(H,61,67)/t38-,41-,47+,48+,52+,56-/m1/s1. The lowest BCUT2D eigenvalue weighted by Gasteiger charge is -2.58. The van der Waals surface area contributed by atoms with Crippen LogP contribution < -0.4 is 24.6 Å². The van der Waals surface area contributed by atoms with Crippen LogP contribution >= 0.6 is 0 Å². The van der Waals surface area contributed by atoms with Gasteiger partial charge in [-0.15, -0.1) is 0 Å². The third-order valence-corrected chi connectivity index (χ3v) is 19.6. The lowest BCUT2D eigenvalue weighted by atomic mass is 9.59. The van der Waals surface area contributed by atoms with Crippen molar-refractivity contribution >= 4 is 55.4 Å². The number of rotatable bonds is 12. The summed E-state index contributed by atoms with van der Waals surface area (Å²) in [6.07, 6.45) is 11.5. The van der Waals surface area contributed by atoms with Crippen molar-refractivity contribution < 1.29 is 37.5 Å². The van der Waals surface area contributed by atoms with Gasteiger partial charge in [0.1, 0.15) is 23.1 Å².